The highest BCUT2D eigenvalue weighted by Gasteiger charge is 2.44. The van der Waals surface area contributed by atoms with Crippen LogP contribution in [0.3, 0.4) is 0 Å². The fraction of sp³-hybridized carbons (Fsp3) is 0.769. The molecule has 0 bridgehead atoms. The molecule has 1 fully saturated rings. The van der Waals surface area contributed by atoms with E-state index in [1.807, 2.05) is 6.92 Å². The Kier molecular flexibility index (Phi) is 5.72. The molecule has 0 aromatic heterocycles. The first kappa shape index (κ1) is 15.9. The van der Waals surface area contributed by atoms with Crippen molar-refractivity contribution in [2.45, 2.75) is 39.0 Å². The minimum absolute atomic E-state index is 0.0454. The van der Waals surface area contributed by atoms with Gasteiger partial charge in [-0.3, -0.25) is 9.59 Å². The second kappa shape index (κ2) is 6.84. The Morgan fingerprint density at radius 1 is 1.32 bits per heavy atom. The van der Waals surface area contributed by atoms with Crippen molar-refractivity contribution >= 4 is 29.1 Å². The minimum Gasteiger partial charge on any atom is -0.468 e. The average molecular weight is 286 g/mol. The molecule has 1 rings (SSSR count). The molecular formula is C13H22N2O3S. The molecule has 2 N–H and O–H groups in total. The van der Waals surface area contributed by atoms with Gasteiger partial charge >= 0.3 is 5.97 Å². The Balaban J connectivity index is 2.91. The number of rotatable bonds is 5. The molecule has 1 aliphatic carbocycles. The van der Waals surface area contributed by atoms with Gasteiger partial charge in [0, 0.05) is 6.54 Å². The number of amides is 1. The largest absolute Gasteiger partial charge is 0.468 e. The van der Waals surface area contributed by atoms with E-state index < -0.39 is 11.4 Å². The molecule has 0 heterocycles. The third kappa shape index (κ3) is 3.43. The van der Waals surface area contributed by atoms with Crippen LogP contribution in [0.2, 0.25) is 0 Å². The molecule has 19 heavy (non-hydrogen) atoms. The summed E-state index contributed by atoms with van der Waals surface area (Å²) in [6, 6.07) is 0. The van der Waals surface area contributed by atoms with E-state index in [2.05, 4.69) is 4.74 Å². The van der Waals surface area contributed by atoms with E-state index >= 15 is 0 Å². The summed E-state index contributed by atoms with van der Waals surface area (Å²) in [6.45, 7) is 2.23. The Morgan fingerprint density at radius 2 is 1.89 bits per heavy atom. The Morgan fingerprint density at radius 3 is 2.32 bits per heavy atom. The van der Waals surface area contributed by atoms with Crippen molar-refractivity contribution in [3.05, 3.63) is 0 Å². The molecule has 0 radical (unpaired) electrons. The Labute approximate surface area is 119 Å². The molecule has 0 aliphatic heterocycles. The van der Waals surface area contributed by atoms with E-state index in [-0.39, 0.29) is 17.4 Å². The predicted molar refractivity (Wildman–Crippen MR) is 76.6 cm³/mol. The number of hydrogen-bond donors (Lipinski definition) is 1. The highest BCUT2D eigenvalue weighted by Crippen LogP contribution is 2.38. The smallest absolute Gasteiger partial charge is 0.325 e. The highest BCUT2D eigenvalue weighted by atomic mass is 32.1. The Bertz CT molecular complexity index is 365. The molecule has 108 valence electrons. The number of carbonyl (C=O) groups is 2. The van der Waals surface area contributed by atoms with Gasteiger partial charge in [-0.05, 0) is 19.8 Å². The second-order valence-corrected chi connectivity index (χ2v) is 5.34. The summed E-state index contributed by atoms with van der Waals surface area (Å²) < 4.78 is 4.62. The fourth-order valence-electron chi connectivity index (χ4n) is 2.57. The van der Waals surface area contributed by atoms with Gasteiger partial charge in [0.1, 0.15) is 6.54 Å². The lowest BCUT2D eigenvalue weighted by Crippen LogP contribution is -2.52. The van der Waals surface area contributed by atoms with Crippen molar-refractivity contribution in [3.8, 4) is 0 Å². The van der Waals surface area contributed by atoms with E-state index in [9.17, 15) is 9.59 Å². The lowest BCUT2D eigenvalue weighted by atomic mass is 9.73. The van der Waals surface area contributed by atoms with Gasteiger partial charge in [-0.2, -0.15) is 0 Å². The van der Waals surface area contributed by atoms with Crippen molar-refractivity contribution in [2.24, 2.45) is 11.1 Å². The van der Waals surface area contributed by atoms with E-state index in [1.54, 1.807) is 0 Å². The van der Waals surface area contributed by atoms with Crippen LogP contribution in [0.1, 0.15) is 39.0 Å². The third-order valence-corrected chi connectivity index (χ3v) is 4.20. The second-order valence-electron chi connectivity index (χ2n) is 4.90. The van der Waals surface area contributed by atoms with Crippen LogP contribution < -0.4 is 5.73 Å². The van der Waals surface area contributed by atoms with Crippen molar-refractivity contribution in [3.63, 3.8) is 0 Å². The quantitative estimate of drug-likeness (QED) is 0.608. The van der Waals surface area contributed by atoms with Gasteiger partial charge in [0.2, 0.25) is 5.91 Å². The topological polar surface area (TPSA) is 72.6 Å². The summed E-state index contributed by atoms with van der Waals surface area (Å²) in [7, 11) is 1.31. The number of likely N-dealkylation sites (N-methyl/N-ethyl adjacent to an activating group) is 1. The lowest BCUT2D eigenvalue weighted by molar-refractivity contribution is -0.150. The first-order valence-corrected chi connectivity index (χ1v) is 7.05. The Hall–Kier alpha value is -1.17. The summed E-state index contributed by atoms with van der Waals surface area (Å²) in [5, 5.41) is 0. The number of thiocarbonyl (C=S) groups is 1. The molecule has 1 saturated carbocycles. The first-order valence-electron chi connectivity index (χ1n) is 6.64. The zero-order valence-corrected chi connectivity index (χ0v) is 12.4. The predicted octanol–water partition coefficient (Wildman–Crippen LogP) is 1.24. The number of nitrogens with two attached hydrogens (primary N) is 1. The number of nitrogens with zero attached hydrogens (tertiary/aromatic N) is 1. The molecular weight excluding hydrogens is 264 g/mol. The molecule has 1 aliphatic rings. The zero-order chi connectivity index (χ0) is 14.5. The molecule has 5 nitrogen and oxygen atoms in total. The maximum atomic E-state index is 12.7. The summed E-state index contributed by atoms with van der Waals surface area (Å²) >= 11 is 5.13. The maximum absolute atomic E-state index is 12.7. The number of methoxy groups -OCH3 is 1. The van der Waals surface area contributed by atoms with E-state index in [0.717, 1.165) is 19.3 Å². The van der Waals surface area contributed by atoms with Gasteiger partial charge in [0.15, 0.2) is 0 Å². The van der Waals surface area contributed by atoms with Crippen molar-refractivity contribution in [1.82, 2.24) is 4.90 Å². The number of esters is 1. The maximum Gasteiger partial charge on any atom is 0.325 e. The SMILES string of the molecule is CCN(CC(=O)OC)C(=O)C1(C(N)=S)CCCCC1. The first-order chi connectivity index (χ1) is 8.97. The summed E-state index contributed by atoms with van der Waals surface area (Å²) in [6.07, 6.45) is 4.34. The molecule has 0 unspecified atom stereocenters. The molecule has 0 aromatic carbocycles. The monoisotopic (exact) mass is 286 g/mol. The molecule has 0 atom stereocenters. The highest BCUT2D eigenvalue weighted by molar-refractivity contribution is 7.80. The van der Waals surface area contributed by atoms with Crippen molar-refractivity contribution in [1.29, 1.82) is 0 Å². The number of hydrogen-bond acceptors (Lipinski definition) is 4. The zero-order valence-electron chi connectivity index (χ0n) is 11.6. The van der Waals surface area contributed by atoms with Crippen molar-refractivity contribution < 1.29 is 14.3 Å². The third-order valence-electron chi connectivity index (χ3n) is 3.80. The number of ether oxygens (including phenoxy) is 1. The van der Waals surface area contributed by atoms with Gasteiger partial charge in [-0.1, -0.05) is 31.5 Å². The normalized spacial score (nSPS) is 17.6. The van der Waals surface area contributed by atoms with Crippen LogP contribution in [0.5, 0.6) is 0 Å². The van der Waals surface area contributed by atoms with Crippen LogP contribution in [0.4, 0.5) is 0 Å². The average Bonchev–Trinajstić information content (AvgIpc) is 2.44. The van der Waals surface area contributed by atoms with Gasteiger partial charge < -0.3 is 15.4 Å². The summed E-state index contributed by atoms with van der Waals surface area (Å²) in [5.41, 5.74) is 5.06. The summed E-state index contributed by atoms with van der Waals surface area (Å²) in [4.78, 5) is 25.8. The minimum atomic E-state index is -0.766. The lowest BCUT2D eigenvalue weighted by Gasteiger charge is -2.38. The van der Waals surface area contributed by atoms with Crippen LogP contribution >= 0.6 is 12.2 Å². The summed E-state index contributed by atoms with van der Waals surface area (Å²) in [5.74, 6) is -0.559. The van der Waals surface area contributed by atoms with Crippen LogP contribution in [-0.4, -0.2) is 42.0 Å². The van der Waals surface area contributed by atoms with E-state index in [0.29, 0.717) is 19.4 Å². The molecule has 0 aromatic rings. The van der Waals surface area contributed by atoms with E-state index in [1.165, 1.54) is 12.0 Å². The van der Waals surface area contributed by atoms with Gasteiger partial charge in [0.05, 0.1) is 17.5 Å². The molecule has 0 saturated heterocycles. The molecule has 0 spiro atoms. The standard InChI is InChI=1S/C13H22N2O3S/c1-3-15(9-10(16)18-2)12(17)13(11(14)19)7-5-4-6-8-13/h3-9H2,1-2H3,(H2,14,19). The molecule has 1 amide bonds. The fourth-order valence-corrected chi connectivity index (χ4v) is 2.86. The van der Waals surface area contributed by atoms with Gasteiger partial charge in [0.25, 0.3) is 0 Å². The van der Waals surface area contributed by atoms with E-state index in [4.69, 9.17) is 18.0 Å². The molecule has 6 heteroatoms. The van der Waals surface area contributed by atoms with Crippen LogP contribution in [0.15, 0.2) is 0 Å². The van der Waals surface area contributed by atoms with Gasteiger partial charge in [-0.15, -0.1) is 0 Å². The van der Waals surface area contributed by atoms with Crippen molar-refractivity contribution in [2.75, 3.05) is 20.2 Å². The van der Waals surface area contributed by atoms with Gasteiger partial charge in [-0.25, -0.2) is 0 Å². The van der Waals surface area contributed by atoms with Crippen LogP contribution in [0, 0.1) is 5.41 Å². The number of carbonyl (C=O) groups excluding carboxylic acids is 2. The van der Waals surface area contributed by atoms with Crippen LogP contribution in [-0.2, 0) is 14.3 Å². The van der Waals surface area contributed by atoms with Crippen LogP contribution in [0.25, 0.3) is 0 Å².